The van der Waals surface area contributed by atoms with Gasteiger partial charge in [0.25, 0.3) is 0 Å². The minimum Gasteiger partial charge on any atom is -0.469 e. The molecule has 1 aromatic carbocycles. The first kappa shape index (κ1) is 14.1. The summed E-state index contributed by atoms with van der Waals surface area (Å²) < 4.78 is 4.84. The first-order valence-corrected chi connectivity index (χ1v) is 7.10. The van der Waals surface area contributed by atoms with Crippen molar-refractivity contribution in [3.63, 3.8) is 0 Å². The maximum atomic E-state index is 11.6. The zero-order valence-electron chi connectivity index (χ0n) is 12.4. The van der Waals surface area contributed by atoms with Crippen molar-refractivity contribution in [3.05, 3.63) is 35.4 Å². The summed E-state index contributed by atoms with van der Waals surface area (Å²) in [6.07, 6.45) is 2.98. The van der Waals surface area contributed by atoms with Gasteiger partial charge in [0.1, 0.15) is 0 Å². The Hall–Kier alpha value is -1.31. The molecule has 0 saturated heterocycles. The summed E-state index contributed by atoms with van der Waals surface area (Å²) in [7, 11) is 1.48. The minimum absolute atomic E-state index is 0.0474. The molecule has 104 valence electrons. The van der Waals surface area contributed by atoms with Gasteiger partial charge in [0, 0.05) is 0 Å². The summed E-state index contributed by atoms with van der Waals surface area (Å²) in [4.78, 5) is 11.6. The number of esters is 1. The van der Waals surface area contributed by atoms with Crippen molar-refractivity contribution in [1.29, 1.82) is 0 Å². The molecule has 0 spiro atoms. The molecule has 19 heavy (non-hydrogen) atoms. The van der Waals surface area contributed by atoms with Gasteiger partial charge in [0.2, 0.25) is 0 Å². The monoisotopic (exact) mass is 260 g/mol. The molecule has 0 aliphatic heterocycles. The Kier molecular flexibility index (Phi) is 3.98. The van der Waals surface area contributed by atoms with Crippen LogP contribution in [0.5, 0.6) is 0 Å². The Morgan fingerprint density at radius 3 is 2.32 bits per heavy atom. The molecule has 2 atom stereocenters. The van der Waals surface area contributed by atoms with Crippen LogP contribution in [0, 0.1) is 5.92 Å². The summed E-state index contributed by atoms with van der Waals surface area (Å²) in [5.41, 5.74) is 2.92. The number of carbonyl (C=O) groups excluding carboxylic acids is 1. The van der Waals surface area contributed by atoms with Crippen LogP contribution in [-0.4, -0.2) is 13.1 Å². The van der Waals surface area contributed by atoms with E-state index in [0.717, 1.165) is 19.3 Å². The maximum absolute atomic E-state index is 11.6. The smallest absolute Gasteiger partial charge is 0.308 e. The van der Waals surface area contributed by atoms with Crippen LogP contribution in [-0.2, 0) is 14.9 Å². The third-order valence-corrected chi connectivity index (χ3v) is 4.22. The van der Waals surface area contributed by atoms with Crippen molar-refractivity contribution in [3.8, 4) is 0 Å². The molecule has 0 heterocycles. The zero-order valence-corrected chi connectivity index (χ0v) is 12.4. The van der Waals surface area contributed by atoms with E-state index >= 15 is 0 Å². The predicted molar refractivity (Wildman–Crippen MR) is 77.2 cm³/mol. The summed E-state index contributed by atoms with van der Waals surface area (Å²) >= 11 is 0. The lowest BCUT2D eigenvalue weighted by atomic mass is 9.85. The van der Waals surface area contributed by atoms with E-state index in [9.17, 15) is 4.79 Å². The van der Waals surface area contributed by atoms with E-state index < -0.39 is 0 Å². The number of methoxy groups -OCH3 is 1. The molecule has 0 bridgehead atoms. The van der Waals surface area contributed by atoms with Gasteiger partial charge in [0.05, 0.1) is 13.0 Å². The molecule has 0 radical (unpaired) electrons. The number of hydrogen-bond donors (Lipinski definition) is 0. The van der Waals surface area contributed by atoms with Gasteiger partial charge in [-0.1, -0.05) is 45.0 Å². The molecule has 1 aliphatic rings. The third-order valence-electron chi connectivity index (χ3n) is 4.22. The molecule has 2 heteroatoms. The lowest BCUT2D eigenvalue weighted by Crippen LogP contribution is -2.13. The normalized spacial score (nSPS) is 23.4. The van der Waals surface area contributed by atoms with Crippen LogP contribution in [0.15, 0.2) is 24.3 Å². The predicted octanol–water partition coefficient (Wildman–Crippen LogP) is 4.04. The van der Waals surface area contributed by atoms with Crippen LogP contribution in [0.3, 0.4) is 0 Å². The molecule has 1 aliphatic carbocycles. The van der Waals surface area contributed by atoms with Crippen molar-refractivity contribution in [2.24, 2.45) is 5.92 Å². The van der Waals surface area contributed by atoms with Gasteiger partial charge in [-0.25, -0.2) is 0 Å². The molecule has 2 unspecified atom stereocenters. The number of ether oxygens (including phenoxy) is 1. The van der Waals surface area contributed by atoms with E-state index in [0.29, 0.717) is 5.92 Å². The van der Waals surface area contributed by atoms with Gasteiger partial charge in [-0.2, -0.15) is 0 Å². The lowest BCUT2D eigenvalue weighted by molar-refractivity contribution is -0.145. The van der Waals surface area contributed by atoms with Crippen LogP contribution < -0.4 is 0 Å². The largest absolute Gasteiger partial charge is 0.469 e. The van der Waals surface area contributed by atoms with E-state index in [1.165, 1.54) is 18.2 Å². The SMILES string of the molecule is COC(=O)C1CCC(c2ccc(C(C)(C)C)cc2)C1. The first-order valence-electron chi connectivity index (χ1n) is 7.10. The van der Waals surface area contributed by atoms with Crippen molar-refractivity contribution >= 4 is 5.97 Å². The summed E-state index contributed by atoms with van der Waals surface area (Å²) in [6.45, 7) is 6.68. The fraction of sp³-hybridized carbons (Fsp3) is 0.588. The fourth-order valence-electron chi connectivity index (χ4n) is 2.92. The van der Waals surface area contributed by atoms with Crippen molar-refractivity contribution in [2.75, 3.05) is 7.11 Å². The standard InChI is InChI=1S/C17H24O2/c1-17(2,3)15-9-7-12(8-10-15)13-5-6-14(11-13)16(18)19-4/h7-10,13-14H,5-6,11H2,1-4H3. The minimum atomic E-state index is -0.0474. The number of hydrogen-bond acceptors (Lipinski definition) is 2. The van der Waals surface area contributed by atoms with Crippen LogP contribution in [0.2, 0.25) is 0 Å². The Morgan fingerprint density at radius 2 is 1.79 bits per heavy atom. The molecule has 0 N–H and O–H groups in total. The maximum Gasteiger partial charge on any atom is 0.308 e. The van der Waals surface area contributed by atoms with E-state index in [1.54, 1.807) is 0 Å². The van der Waals surface area contributed by atoms with E-state index in [1.807, 2.05) is 0 Å². The number of carbonyl (C=O) groups is 1. The molecule has 1 saturated carbocycles. The van der Waals surface area contributed by atoms with Crippen LogP contribution >= 0.6 is 0 Å². The van der Waals surface area contributed by atoms with Crippen LogP contribution in [0.4, 0.5) is 0 Å². The second kappa shape index (κ2) is 5.36. The Balaban J connectivity index is 2.06. The van der Waals surface area contributed by atoms with Crippen LogP contribution in [0.25, 0.3) is 0 Å². The second-order valence-electron chi connectivity index (χ2n) is 6.60. The Morgan fingerprint density at radius 1 is 1.16 bits per heavy atom. The summed E-state index contributed by atoms with van der Waals surface area (Å²) in [5.74, 6) is 0.559. The fourth-order valence-corrected chi connectivity index (χ4v) is 2.92. The van der Waals surface area contributed by atoms with Gasteiger partial charge >= 0.3 is 5.97 Å². The molecule has 0 amide bonds. The quantitative estimate of drug-likeness (QED) is 0.750. The summed E-state index contributed by atoms with van der Waals surface area (Å²) in [5, 5.41) is 0. The Labute approximate surface area is 116 Å². The lowest BCUT2D eigenvalue weighted by Gasteiger charge is -2.20. The number of benzene rings is 1. The highest BCUT2D eigenvalue weighted by Crippen LogP contribution is 2.39. The topological polar surface area (TPSA) is 26.3 Å². The van der Waals surface area contributed by atoms with E-state index in [4.69, 9.17) is 4.74 Å². The zero-order chi connectivity index (χ0) is 14.0. The van der Waals surface area contributed by atoms with Gasteiger partial charge in [-0.05, 0) is 41.7 Å². The van der Waals surface area contributed by atoms with Gasteiger partial charge in [-0.15, -0.1) is 0 Å². The van der Waals surface area contributed by atoms with Crippen LogP contribution in [0.1, 0.15) is 57.1 Å². The molecular formula is C17H24O2. The molecule has 2 nitrogen and oxygen atoms in total. The highest BCUT2D eigenvalue weighted by molar-refractivity contribution is 5.72. The van der Waals surface area contributed by atoms with Gasteiger partial charge in [0.15, 0.2) is 0 Å². The molecule has 2 rings (SSSR count). The highest BCUT2D eigenvalue weighted by atomic mass is 16.5. The molecule has 1 aromatic rings. The Bertz CT molecular complexity index is 439. The second-order valence-corrected chi connectivity index (χ2v) is 6.60. The average Bonchev–Trinajstić information content (AvgIpc) is 2.86. The highest BCUT2D eigenvalue weighted by Gasteiger charge is 2.31. The number of rotatable bonds is 2. The van der Waals surface area contributed by atoms with Crippen molar-refractivity contribution in [2.45, 2.75) is 51.4 Å². The molecule has 1 fully saturated rings. The van der Waals surface area contributed by atoms with Gasteiger partial charge in [-0.3, -0.25) is 4.79 Å². The molecular weight excluding hydrogens is 236 g/mol. The van der Waals surface area contributed by atoms with Crippen molar-refractivity contribution < 1.29 is 9.53 Å². The first-order chi connectivity index (χ1) is 8.91. The molecule has 0 aromatic heterocycles. The van der Waals surface area contributed by atoms with Crippen molar-refractivity contribution in [1.82, 2.24) is 0 Å². The third kappa shape index (κ3) is 3.17. The van der Waals surface area contributed by atoms with E-state index in [2.05, 4.69) is 45.0 Å². The van der Waals surface area contributed by atoms with E-state index in [-0.39, 0.29) is 17.3 Å². The average molecular weight is 260 g/mol. The summed E-state index contributed by atoms with van der Waals surface area (Å²) in [6, 6.07) is 8.90. The van der Waals surface area contributed by atoms with Gasteiger partial charge < -0.3 is 4.74 Å².